The average molecular weight is 395 g/mol. The van der Waals surface area contributed by atoms with Crippen LogP contribution in [0, 0.1) is 0 Å². The molecule has 0 fully saturated rings. The van der Waals surface area contributed by atoms with Crippen molar-refractivity contribution in [2.75, 3.05) is 18.5 Å². The number of carbonyl (C=O) groups is 2. The van der Waals surface area contributed by atoms with Gasteiger partial charge in [-0.15, -0.1) is 0 Å². The standard InChI is InChI=1S/C25H21N3O2/c1-26-13-12-16-18(14-26)21-22(23-20(16)17-10-6-7-11-19(17)27(23)2)25(30)28(24(21)29)15-8-4-3-5-9-15/h3-11H,12-14H2,1-2H3. The lowest BCUT2D eigenvalue weighted by Gasteiger charge is -2.27. The van der Waals surface area contributed by atoms with Gasteiger partial charge < -0.3 is 9.47 Å². The predicted molar refractivity (Wildman–Crippen MR) is 118 cm³/mol. The largest absolute Gasteiger partial charge is 0.343 e. The van der Waals surface area contributed by atoms with Crippen molar-refractivity contribution in [1.29, 1.82) is 0 Å². The van der Waals surface area contributed by atoms with E-state index in [-0.39, 0.29) is 11.8 Å². The number of aryl methyl sites for hydroxylation is 1. The van der Waals surface area contributed by atoms with Crippen molar-refractivity contribution in [3.63, 3.8) is 0 Å². The molecule has 3 heterocycles. The van der Waals surface area contributed by atoms with E-state index in [1.54, 1.807) is 0 Å². The molecule has 0 N–H and O–H groups in total. The highest BCUT2D eigenvalue weighted by Crippen LogP contribution is 2.43. The van der Waals surface area contributed by atoms with E-state index in [0.29, 0.717) is 23.4 Å². The lowest BCUT2D eigenvalue weighted by molar-refractivity contribution is 0.0926. The van der Waals surface area contributed by atoms with Gasteiger partial charge in [-0.1, -0.05) is 36.4 Å². The zero-order valence-electron chi connectivity index (χ0n) is 17.0. The molecule has 0 radical (unpaired) electrons. The molecular formula is C25H21N3O2. The normalized spacial score (nSPS) is 16.5. The van der Waals surface area contributed by atoms with E-state index < -0.39 is 0 Å². The molecule has 4 aromatic rings. The lowest BCUT2D eigenvalue weighted by atomic mass is 9.88. The van der Waals surface area contributed by atoms with Crippen molar-refractivity contribution in [1.82, 2.24) is 9.47 Å². The number of likely N-dealkylation sites (N-methyl/N-ethyl adjacent to an activating group) is 1. The summed E-state index contributed by atoms with van der Waals surface area (Å²) in [6.07, 6.45) is 0.871. The maximum absolute atomic E-state index is 13.7. The van der Waals surface area contributed by atoms with E-state index in [1.165, 1.54) is 10.5 Å². The number of para-hydroxylation sites is 2. The van der Waals surface area contributed by atoms with Crippen LogP contribution in [0.4, 0.5) is 5.69 Å². The molecule has 2 aliphatic heterocycles. The monoisotopic (exact) mass is 395 g/mol. The number of rotatable bonds is 1. The summed E-state index contributed by atoms with van der Waals surface area (Å²) in [4.78, 5) is 30.9. The Morgan fingerprint density at radius 2 is 1.50 bits per heavy atom. The highest BCUT2D eigenvalue weighted by Gasteiger charge is 2.43. The fourth-order valence-electron chi connectivity index (χ4n) is 5.24. The van der Waals surface area contributed by atoms with Crippen LogP contribution in [0.1, 0.15) is 31.8 Å². The van der Waals surface area contributed by atoms with Gasteiger partial charge in [-0.05, 0) is 42.8 Å². The molecule has 0 saturated carbocycles. The molecule has 3 aromatic carbocycles. The summed E-state index contributed by atoms with van der Waals surface area (Å²) in [7, 11) is 4.06. The van der Waals surface area contributed by atoms with Crippen LogP contribution in [0.5, 0.6) is 0 Å². The van der Waals surface area contributed by atoms with Gasteiger partial charge in [0.25, 0.3) is 11.8 Å². The highest BCUT2D eigenvalue weighted by atomic mass is 16.2. The molecule has 148 valence electrons. The predicted octanol–water partition coefficient (Wildman–Crippen LogP) is 4.12. The molecule has 0 atom stereocenters. The molecule has 5 nitrogen and oxygen atoms in total. The fourth-order valence-corrected chi connectivity index (χ4v) is 5.24. The highest BCUT2D eigenvalue weighted by molar-refractivity contribution is 6.39. The number of aromatic nitrogens is 1. The Hall–Kier alpha value is -3.44. The first kappa shape index (κ1) is 17.4. The van der Waals surface area contributed by atoms with Gasteiger partial charge in [0.15, 0.2) is 0 Å². The third-order valence-corrected chi connectivity index (χ3v) is 6.58. The maximum atomic E-state index is 13.7. The van der Waals surface area contributed by atoms with Crippen molar-refractivity contribution in [2.24, 2.45) is 7.05 Å². The topological polar surface area (TPSA) is 45.6 Å². The summed E-state index contributed by atoms with van der Waals surface area (Å²) in [6, 6.07) is 17.5. The van der Waals surface area contributed by atoms with E-state index in [2.05, 4.69) is 28.6 Å². The van der Waals surface area contributed by atoms with Crippen molar-refractivity contribution in [3.05, 3.63) is 76.9 Å². The molecule has 2 aliphatic rings. The molecule has 0 aliphatic carbocycles. The lowest BCUT2D eigenvalue weighted by Crippen LogP contribution is -2.31. The number of amides is 2. The second-order valence-electron chi connectivity index (χ2n) is 8.28. The molecule has 0 unspecified atom stereocenters. The number of benzene rings is 3. The Bertz CT molecular complexity index is 1380. The second-order valence-corrected chi connectivity index (χ2v) is 8.28. The van der Waals surface area contributed by atoms with Crippen LogP contribution in [0.2, 0.25) is 0 Å². The number of carbonyl (C=O) groups excluding carboxylic acids is 2. The first-order valence-corrected chi connectivity index (χ1v) is 10.2. The molecule has 30 heavy (non-hydrogen) atoms. The maximum Gasteiger partial charge on any atom is 0.268 e. The second kappa shape index (κ2) is 6.03. The average Bonchev–Trinajstić information content (AvgIpc) is 3.20. The fraction of sp³-hybridized carbons (Fsp3) is 0.200. The molecule has 1 aromatic heterocycles. The molecule has 6 rings (SSSR count). The quantitative estimate of drug-likeness (QED) is 0.456. The van der Waals surface area contributed by atoms with Crippen LogP contribution in [0.25, 0.3) is 21.8 Å². The van der Waals surface area contributed by atoms with Crippen LogP contribution in [0.15, 0.2) is 54.6 Å². The first-order chi connectivity index (χ1) is 14.6. The van der Waals surface area contributed by atoms with E-state index in [1.807, 2.05) is 49.5 Å². The van der Waals surface area contributed by atoms with E-state index in [0.717, 1.165) is 40.3 Å². The number of hydrogen-bond acceptors (Lipinski definition) is 3. The molecule has 0 spiro atoms. The van der Waals surface area contributed by atoms with Gasteiger partial charge in [0.2, 0.25) is 0 Å². The molecule has 5 heteroatoms. The smallest absolute Gasteiger partial charge is 0.268 e. The summed E-state index contributed by atoms with van der Waals surface area (Å²) in [5.41, 5.74) is 5.95. The number of anilines is 1. The van der Waals surface area contributed by atoms with Crippen molar-refractivity contribution in [2.45, 2.75) is 13.0 Å². The molecule has 0 bridgehead atoms. The van der Waals surface area contributed by atoms with Crippen LogP contribution in [0.3, 0.4) is 0 Å². The summed E-state index contributed by atoms with van der Waals surface area (Å²) < 4.78 is 2.09. The van der Waals surface area contributed by atoms with Gasteiger partial charge in [-0.25, -0.2) is 4.90 Å². The van der Waals surface area contributed by atoms with Gasteiger partial charge in [-0.3, -0.25) is 9.59 Å². The summed E-state index contributed by atoms with van der Waals surface area (Å²) in [5.74, 6) is -0.437. The SMILES string of the molecule is CN1CCc2c(c3c(c4c2c2ccccc2n4C)C(=O)N(c2ccccc2)C3=O)C1. The van der Waals surface area contributed by atoms with Crippen molar-refractivity contribution < 1.29 is 9.59 Å². The van der Waals surface area contributed by atoms with Gasteiger partial charge in [-0.2, -0.15) is 0 Å². The molecular weight excluding hydrogens is 374 g/mol. The summed E-state index contributed by atoms with van der Waals surface area (Å²) in [6.45, 7) is 1.62. The Labute approximate surface area is 174 Å². The Morgan fingerprint density at radius 3 is 2.30 bits per heavy atom. The van der Waals surface area contributed by atoms with Gasteiger partial charge in [0, 0.05) is 36.4 Å². The zero-order chi connectivity index (χ0) is 20.6. The van der Waals surface area contributed by atoms with Crippen molar-refractivity contribution in [3.8, 4) is 0 Å². The number of fused-ring (bicyclic) bond motifs is 8. The summed E-state index contributed by atoms with van der Waals surface area (Å²) in [5, 5.41) is 2.28. The number of hydrogen-bond donors (Lipinski definition) is 0. The van der Waals surface area contributed by atoms with Crippen LogP contribution in [-0.4, -0.2) is 34.9 Å². The van der Waals surface area contributed by atoms with E-state index in [4.69, 9.17) is 0 Å². The third-order valence-electron chi connectivity index (χ3n) is 6.58. The van der Waals surface area contributed by atoms with Crippen LogP contribution < -0.4 is 4.90 Å². The minimum absolute atomic E-state index is 0.208. The van der Waals surface area contributed by atoms with Gasteiger partial charge in [0.05, 0.1) is 22.3 Å². The number of nitrogens with zero attached hydrogens (tertiary/aromatic N) is 3. The molecule has 0 saturated heterocycles. The van der Waals surface area contributed by atoms with Crippen LogP contribution >= 0.6 is 0 Å². The Kier molecular flexibility index (Phi) is 3.50. The van der Waals surface area contributed by atoms with Crippen molar-refractivity contribution >= 4 is 39.3 Å². The summed E-state index contributed by atoms with van der Waals surface area (Å²) >= 11 is 0. The number of imide groups is 1. The first-order valence-electron chi connectivity index (χ1n) is 10.2. The third kappa shape index (κ3) is 2.10. The van der Waals surface area contributed by atoms with Gasteiger partial charge >= 0.3 is 0 Å². The molecule has 2 amide bonds. The Morgan fingerprint density at radius 1 is 0.800 bits per heavy atom. The minimum atomic E-state index is -0.229. The minimum Gasteiger partial charge on any atom is -0.343 e. The van der Waals surface area contributed by atoms with E-state index in [9.17, 15) is 9.59 Å². The zero-order valence-corrected chi connectivity index (χ0v) is 17.0. The van der Waals surface area contributed by atoms with Gasteiger partial charge in [0.1, 0.15) is 0 Å². The van der Waals surface area contributed by atoms with E-state index >= 15 is 0 Å². The Balaban J connectivity index is 1.77. The van der Waals surface area contributed by atoms with Crippen LogP contribution in [-0.2, 0) is 20.0 Å².